The van der Waals surface area contributed by atoms with Crippen molar-refractivity contribution in [3.63, 3.8) is 0 Å². The van der Waals surface area contributed by atoms with Crippen LogP contribution in [0.5, 0.6) is 0 Å². The van der Waals surface area contributed by atoms with E-state index in [1.807, 2.05) is 65.7 Å². The second-order valence-electron chi connectivity index (χ2n) is 8.14. The van der Waals surface area contributed by atoms with Crippen LogP contribution in [-0.2, 0) is 9.53 Å². The van der Waals surface area contributed by atoms with Crippen LogP contribution in [-0.4, -0.2) is 70.9 Å². The summed E-state index contributed by atoms with van der Waals surface area (Å²) in [5.41, 5.74) is 1.65. The Balaban J connectivity index is 1.75. The van der Waals surface area contributed by atoms with Crippen LogP contribution in [0.3, 0.4) is 0 Å². The summed E-state index contributed by atoms with van der Waals surface area (Å²) in [6, 6.07) is 15.9. The van der Waals surface area contributed by atoms with Crippen LogP contribution in [0, 0.1) is 5.82 Å². The Morgan fingerprint density at radius 2 is 1.73 bits per heavy atom. The number of hydrogen-bond donors (Lipinski definition) is 0. The van der Waals surface area contributed by atoms with Crippen LogP contribution in [0.15, 0.2) is 59.8 Å². The number of morpholine rings is 1. The maximum atomic E-state index is 13.6. The molecule has 0 bridgehead atoms. The van der Waals surface area contributed by atoms with Gasteiger partial charge < -0.3 is 9.64 Å². The molecular formula is C24H28FN5O2S. The first-order valence-electron chi connectivity index (χ1n) is 10.9. The number of hydrogen-bond acceptors (Lipinski definition) is 6. The zero-order valence-corrected chi connectivity index (χ0v) is 19.8. The van der Waals surface area contributed by atoms with Gasteiger partial charge in [-0.05, 0) is 50.8 Å². The number of amides is 1. The summed E-state index contributed by atoms with van der Waals surface area (Å²) in [5.74, 6) is 0.429. The van der Waals surface area contributed by atoms with Gasteiger partial charge in [-0.2, -0.15) is 0 Å². The molecule has 1 saturated heterocycles. The third kappa shape index (κ3) is 5.26. The summed E-state index contributed by atoms with van der Waals surface area (Å²) in [5, 5.41) is 9.03. The molecule has 174 valence electrons. The molecular weight excluding hydrogens is 441 g/mol. The summed E-state index contributed by atoms with van der Waals surface area (Å²) in [6.45, 7) is 4.24. The zero-order chi connectivity index (χ0) is 23.4. The van der Waals surface area contributed by atoms with Gasteiger partial charge in [-0.25, -0.2) is 4.39 Å². The molecule has 2 atom stereocenters. The van der Waals surface area contributed by atoms with Crippen molar-refractivity contribution in [3.8, 4) is 5.69 Å². The van der Waals surface area contributed by atoms with Crippen molar-refractivity contribution >= 4 is 17.7 Å². The van der Waals surface area contributed by atoms with Crippen molar-refractivity contribution in [2.45, 2.75) is 23.4 Å². The lowest BCUT2D eigenvalue weighted by Gasteiger charge is -2.30. The van der Waals surface area contributed by atoms with Gasteiger partial charge in [0.1, 0.15) is 11.1 Å². The Morgan fingerprint density at radius 3 is 2.36 bits per heavy atom. The molecule has 9 heteroatoms. The molecule has 7 nitrogen and oxygen atoms in total. The molecule has 0 spiro atoms. The van der Waals surface area contributed by atoms with E-state index in [1.165, 1.54) is 23.9 Å². The molecule has 3 aromatic rings. The minimum Gasteiger partial charge on any atom is -0.378 e. The summed E-state index contributed by atoms with van der Waals surface area (Å²) in [6.07, 6.45) is 0. The average molecular weight is 470 g/mol. The van der Waals surface area contributed by atoms with Crippen LogP contribution in [0.2, 0.25) is 0 Å². The van der Waals surface area contributed by atoms with Gasteiger partial charge in [0.05, 0.1) is 19.3 Å². The third-order valence-electron chi connectivity index (χ3n) is 5.76. The number of aromatic nitrogens is 3. The van der Waals surface area contributed by atoms with Crippen LogP contribution < -0.4 is 0 Å². The van der Waals surface area contributed by atoms with Crippen LogP contribution in [0.1, 0.15) is 29.6 Å². The maximum Gasteiger partial charge on any atom is 0.240 e. The van der Waals surface area contributed by atoms with Crippen LogP contribution >= 0.6 is 11.8 Å². The third-order valence-corrected chi connectivity index (χ3v) is 6.95. The molecule has 1 aliphatic rings. The van der Waals surface area contributed by atoms with E-state index in [0.29, 0.717) is 31.5 Å². The molecule has 1 aromatic heterocycles. The molecule has 1 amide bonds. The zero-order valence-electron chi connectivity index (χ0n) is 19.0. The first-order chi connectivity index (χ1) is 16.0. The molecule has 0 unspecified atom stereocenters. The van der Waals surface area contributed by atoms with E-state index in [4.69, 9.17) is 4.74 Å². The fourth-order valence-electron chi connectivity index (χ4n) is 3.64. The smallest absolute Gasteiger partial charge is 0.240 e. The highest BCUT2D eigenvalue weighted by molar-refractivity contribution is 8.00. The highest BCUT2D eigenvalue weighted by atomic mass is 32.2. The molecule has 0 N–H and O–H groups in total. The number of halogens is 1. The standard InChI is InChI=1S/C24H28FN5O2S/c1-17(28(2)3)22-26-27-24(30(22)20-11-9-19(25)10-12-20)33-21(18-7-5-4-6-8-18)23(31)29-13-15-32-16-14-29/h4-12,17,21H,13-16H2,1-3H3/t17-,21-/m0/s1. The number of nitrogens with zero attached hydrogens (tertiary/aromatic N) is 5. The lowest BCUT2D eigenvalue weighted by Crippen LogP contribution is -2.42. The van der Waals surface area contributed by atoms with Crippen molar-refractivity contribution in [1.29, 1.82) is 0 Å². The number of ether oxygens (including phenoxy) is 1. The van der Waals surface area contributed by atoms with Crippen molar-refractivity contribution in [1.82, 2.24) is 24.6 Å². The number of carbonyl (C=O) groups excluding carboxylic acids is 1. The quantitative estimate of drug-likeness (QED) is 0.492. The minimum absolute atomic E-state index is 0.0189. The molecule has 0 radical (unpaired) electrons. The summed E-state index contributed by atoms with van der Waals surface area (Å²) < 4.78 is 21.0. The Labute approximate surface area is 197 Å². The Morgan fingerprint density at radius 1 is 1.06 bits per heavy atom. The number of carbonyl (C=O) groups is 1. The van der Waals surface area contributed by atoms with Gasteiger partial charge in [-0.1, -0.05) is 42.1 Å². The van der Waals surface area contributed by atoms with E-state index in [0.717, 1.165) is 17.1 Å². The van der Waals surface area contributed by atoms with Crippen molar-refractivity contribution in [2.75, 3.05) is 40.4 Å². The predicted molar refractivity (Wildman–Crippen MR) is 126 cm³/mol. The molecule has 2 aromatic carbocycles. The van der Waals surface area contributed by atoms with Gasteiger partial charge in [0, 0.05) is 18.8 Å². The lowest BCUT2D eigenvalue weighted by molar-refractivity contribution is -0.134. The first-order valence-corrected chi connectivity index (χ1v) is 11.8. The monoisotopic (exact) mass is 469 g/mol. The van der Waals surface area contributed by atoms with E-state index >= 15 is 0 Å². The molecule has 0 saturated carbocycles. The van der Waals surface area contributed by atoms with Gasteiger partial charge in [0.15, 0.2) is 11.0 Å². The molecule has 1 aliphatic heterocycles. The second-order valence-corrected chi connectivity index (χ2v) is 9.21. The van der Waals surface area contributed by atoms with E-state index in [1.54, 1.807) is 12.1 Å². The van der Waals surface area contributed by atoms with Gasteiger partial charge in [-0.3, -0.25) is 14.3 Å². The van der Waals surface area contributed by atoms with E-state index in [9.17, 15) is 9.18 Å². The Hall–Kier alpha value is -2.75. The number of rotatable bonds is 7. The van der Waals surface area contributed by atoms with Crippen molar-refractivity contribution in [2.24, 2.45) is 0 Å². The summed E-state index contributed by atoms with van der Waals surface area (Å²) >= 11 is 1.36. The van der Waals surface area contributed by atoms with Crippen LogP contribution in [0.4, 0.5) is 4.39 Å². The predicted octanol–water partition coefficient (Wildman–Crippen LogP) is 3.72. The normalized spacial score (nSPS) is 16.1. The van der Waals surface area contributed by atoms with Gasteiger partial charge in [-0.15, -0.1) is 10.2 Å². The lowest BCUT2D eigenvalue weighted by atomic mass is 10.1. The van der Waals surface area contributed by atoms with E-state index < -0.39 is 5.25 Å². The summed E-state index contributed by atoms with van der Waals surface area (Å²) in [4.78, 5) is 17.5. The largest absolute Gasteiger partial charge is 0.378 e. The van der Waals surface area contributed by atoms with Crippen molar-refractivity contribution < 1.29 is 13.9 Å². The highest BCUT2D eigenvalue weighted by Crippen LogP contribution is 2.38. The number of thioether (sulfide) groups is 1. The van der Waals surface area contributed by atoms with E-state index in [-0.39, 0.29) is 17.8 Å². The Bertz CT molecular complexity index is 1070. The molecule has 1 fully saturated rings. The molecule has 4 rings (SSSR count). The molecule has 0 aliphatic carbocycles. The van der Waals surface area contributed by atoms with Crippen LogP contribution in [0.25, 0.3) is 5.69 Å². The summed E-state index contributed by atoms with van der Waals surface area (Å²) in [7, 11) is 3.94. The second kappa shape index (κ2) is 10.5. The Kier molecular flexibility index (Phi) is 7.42. The number of benzene rings is 2. The SMILES string of the molecule is C[C@@H](c1nnc(S[C@H](C(=O)N2CCOCC2)c2ccccc2)n1-c1ccc(F)cc1)N(C)C. The van der Waals surface area contributed by atoms with Crippen molar-refractivity contribution in [3.05, 3.63) is 71.8 Å². The average Bonchev–Trinajstić information content (AvgIpc) is 3.26. The van der Waals surface area contributed by atoms with Gasteiger partial charge in [0.25, 0.3) is 0 Å². The minimum atomic E-state index is -0.491. The maximum absolute atomic E-state index is 13.6. The highest BCUT2D eigenvalue weighted by Gasteiger charge is 2.31. The van der Waals surface area contributed by atoms with Gasteiger partial charge >= 0.3 is 0 Å². The fourth-order valence-corrected chi connectivity index (χ4v) is 4.78. The molecule has 2 heterocycles. The van der Waals surface area contributed by atoms with E-state index in [2.05, 4.69) is 10.2 Å². The first kappa shape index (κ1) is 23.4. The molecule has 33 heavy (non-hydrogen) atoms. The topological polar surface area (TPSA) is 63.5 Å². The van der Waals surface area contributed by atoms with Gasteiger partial charge in [0.2, 0.25) is 5.91 Å². The fraction of sp³-hybridized carbons (Fsp3) is 0.375.